The summed E-state index contributed by atoms with van der Waals surface area (Å²) in [4.78, 5) is 19.6. The Morgan fingerprint density at radius 1 is 1.57 bits per heavy atom. The van der Waals surface area contributed by atoms with Crippen LogP contribution >= 0.6 is 0 Å². The molecule has 0 bridgehead atoms. The minimum atomic E-state index is -0.993. The van der Waals surface area contributed by atoms with Crippen molar-refractivity contribution in [1.82, 2.24) is 14.5 Å². The lowest BCUT2D eigenvalue weighted by atomic mass is 9.89. The molecule has 118 valence electrons. The maximum Gasteiger partial charge on any atom is 0.220 e. The van der Waals surface area contributed by atoms with E-state index in [4.69, 9.17) is 5.73 Å². The molecule has 21 heavy (non-hydrogen) atoms. The molecule has 0 saturated carbocycles. The molecule has 0 radical (unpaired) electrons. The molecular weight excluding hydrogens is 270 g/mol. The van der Waals surface area contributed by atoms with Crippen LogP contribution in [0, 0.1) is 0 Å². The third-order valence-corrected chi connectivity index (χ3v) is 3.98. The Morgan fingerprint density at radius 3 is 2.86 bits per heavy atom. The van der Waals surface area contributed by atoms with E-state index in [0.717, 1.165) is 24.6 Å². The fourth-order valence-corrected chi connectivity index (χ4v) is 3.03. The number of aromatic nitrogens is 2. The fourth-order valence-electron chi connectivity index (χ4n) is 3.03. The van der Waals surface area contributed by atoms with Crippen LogP contribution in [0.4, 0.5) is 5.95 Å². The third kappa shape index (κ3) is 3.74. The molecule has 1 amide bonds. The van der Waals surface area contributed by atoms with Gasteiger partial charge >= 0.3 is 0 Å². The Kier molecular flexibility index (Phi) is 4.53. The summed E-state index contributed by atoms with van der Waals surface area (Å²) in [5.41, 5.74) is 5.32. The third-order valence-electron chi connectivity index (χ3n) is 3.98. The number of aliphatic hydroxyl groups is 1. The highest BCUT2D eigenvalue weighted by atomic mass is 16.3. The fraction of sp³-hybridized carbons (Fsp3) is 0.714. The smallest absolute Gasteiger partial charge is 0.220 e. The van der Waals surface area contributed by atoms with Gasteiger partial charge in [-0.3, -0.25) is 9.69 Å². The number of piperidine rings is 1. The second-order valence-electron chi connectivity index (χ2n) is 6.18. The zero-order valence-corrected chi connectivity index (χ0v) is 13.0. The van der Waals surface area contributed by atoms with Crippen molar-refractivity contribution in [2.75, 3.05) is 32.1 Å². The first-order chi connectivity index (χ1) is 9.81. The van der Waals surface area contributed by atoms with Crippen molar-refractivity contribution in [3.63, 3.8) is 0 Å². The highest BCUT2D eigenvalue weighted by Crippen LogP contribution is 2.25. The van der Waals surface area contributed by atoms with Gasteiger partial charge in [-0.1, -0.05) is 0 Å². The van der Waals surface area contributed by atoms with Crippen LogP contribution in [0.15, 0.2) is 6.20 Å². The van der Waals surface area contributed by atoms with E-state index in [1.54, 1.807) is 0 Å². The van der Waals surface area contributed by atoms with Gasteiger partial charge in [0, 0.05) is 34.2 Å². The van der Waals surface area contributed by atoms with E-state index in [1.807, 2.05) is 36.8 Å². The number of primary amides is 1. The number of carbonyl (C=O) groups excluding carboxylic acids is 1. The Hall–Kier alpha value is -1.60. The van der Waals surface area contributed by atoms with Crippen molar-refractivity contribution >= 4 is 11.9 Å². The molecule has 0 aliphatic carbocycles. The number of imidazole rings is 1. The lowest BCUT2D eigenvalue weighted by molar-refractivity contribution is -0.125. The van der Waals surface area contributed by atoms with Crippen LogP contribution in [0.2, 0.25) is 0 Å². The molecule has 3 N–H and O–H groups in total. The van der Waals surface area contributed by atoms with E-state index < -0.39 is 11.5 Å². The van der Waals surface area contributed by atoms with Crippen LogP contribution in [0.25, 0.3) is 0 Å². The van der Waals surface area contributed by atoms with Crippen LogP contribution in [-0.4, -0.2) is 58.3 Å². The Bertz CT molecular complexity index is 513. The zero-order chi connectivity index (χ0) is 15.6. The molecular formula is C14H25N5O2. The topological polar surface area (TPSA) is 87.6 Å². The summed E-state index contributed by atoms with van der Waals surface area (Å²) in [7, 11) is 5.90. The van der Waals surface area contributed by atoms with Gasteiger partial charge in [-0.05, 0) is 19.4 Å². The normalized spacial score (nSPS) is 23.2. The molecule has 1 aliphatic rings. The van der Waals surface area contributed by atoms with Gasteiger partial charge in [0.25, 0.3) is 0 Å². The number of nitrogens with two attached hydrogens (primary N) is 1. The lowest BCUT2D eigenvalue weighted by Gasteiger charge is -2.38. The van der Waals surface area contributed by atoms with Crippen molar-refractivity contribution in [1.29, 1.82) is 0 Å². The van der Waals surface area contributed by atoms with Gasteiger partial charge in [0.2, 0.25) is 11.9 Å². The van der Waals surface area contributed by atoms with E-state index in [9.17, 15) is 9.90 Å². The summed E-state index contributed by atoms with van der Waals surface area (Å²) in [6.07, 6.45) is 3.37. The number of rotatable bonds is 5. The number of nitrogens with zero attached hydrogens (tertiary/aromatic N) is 4. The number of hydrogen-bond acceptors (Lipinski definition) is 5. The van der Waals surface area contributed by atoms with E-state index >= 15 is 0 Å². The van der Waals surface area contributed by atoms with E-state index in [0.29, 0.717) is 19.5 Å². The number of likely N-dealkylation sites (tertiary alicyclic amines) is 1. The molecule has 0 aromatic carbocycles. The van der Waals surface area contributed by atoms with E-state index in [1.165, 1.54) is 0 Å². The molecule has 2 rings (SSSR count). The highest BCUT2D eigenvalue weighted by molar-refractivity contribution is 5.75. The number of anilines is 1. The molecule has 2 heterocycles. The Balaban J connectivity index is 2.04. The molecule has 1 fully saturated rings. The monoisotopic (exact) mass is 295 g/mol. The maximum absolute atomic E-state index is 11.1. The highest BCUT2D eigenvalue weighted by Gasteiger charge is 2.34. The predicted octanol–water partition coefficient (Wildman–Crippen LogP) is -0.312. The molecule has 7 heteroatoms. The Morgan fingerprint density at radius 2 is 2.29 bits per heavy atom. The SMILES string of the molecule is CN(C)c1ncc(CN2CCCC(O)(CC(N)=O)C2)n1C. The molecule has 1 aromatic heterocycles. The average Bonchev–Trinajstić information content (AvgIpc) is 2.69. The molecule has 1 saturated heterocycles. The van der Waals surface area contributed by atoms with Gasteiger partial charge in [-0.2, -0.15) is 0 Å². The first-order valence-electron chi connectivity index (χ1n) is 7.22. The van der Waals surface area contributed by atoms with Crippen LogP contribution in [0.3, 0.4) is 0 Å². The summed E-state index contributed by atoms with van der Waals surface area (Å²) in [5, 5.41) is 10.5. The molecule has 1 aliphatic heterocycles. The second kappa shape index (κ2) is 6.03. The van der Waals surface area contributed by atoms with Crippen molar-refractivity contribution in [3.8, 4) is 0 Å². The second-order valence-corrected chi connectivity index (χ2v) is 6.18. The van der Waals surface area contributed by atoms with Crippen LogP contribution in [-0.2, 0) is 18.4 Å². The first kappa shape index (κ1) is 15.8. The summed E-state index contributed by atoms with van der Waals surface area (Å²) < 4.78 is 2.04. The summed E-state index contributed by atoms with van der Waals surface area (Å²) in [5.74, 6) is 0.448. The van der Waals surface area contributed by atoms with Crippen molar-refractivity contribution < 1.29 is 9.90 Å². The van der Waals surface area contributed by atoms with Crippen molar-refractivity contribution in [2.24, 2.45) is 12.8 Å². The number of amides is 1. The van der Waals surface area contributed by atoms with Crippen molar-refractivity contribution in [3.05, 3.63) is 11.9 Å². The minimum absolute atomic E-state index is 0.0256. The number of hydrogen-bond donors (Lipinski definition) is 2. The standard InChI is InChI=1S/C14H25N5O2/c1-17(2)13-16-8-11(18(13)3)9-19-6-4-5-14(21,10-19)7-12(15)20/h8,21H,4-7,9-10H2,1-3H3,(H2,15,20). The molecule has 7 nitrogen and oxygen atoms in total. The Labute approximate surface area is 125 Å². The molecule has 1 atom stereocenters. The zero-order valence-electron chi connectivity index (χ0n) is 13.0. The first-order valence-corrected chi connectivity index (χ1v) is 7.22. The van der Waals surface area contributed by atoms with E-state index in [2.05, 4.69) is 9.88 Å². The number of β-amino-alcohol motifs (C(OH)–C–C–N with tert-alkyl or cyclic N) is 1. The van der Waals surface area contributed by atoms with Crippen molar-refractivity contribution in [2.45, 2.75) is 31.4 Å². The average molecular weight is 295 g/mol. The molecule has 1 aromatic rings. The van der Waals surface area contributed by atoms with Crippen LogP contribution in [0.1, 0.15) is 25.0 Å². The summed E-state index contributed by atoms with van der Waals surface area (Å²) in [6.45, 7) is 2.08. The molecule has 0 spiro atoms. The number of carbonyl (C=O) groups is 1. The maximum atomic E-state index is 11.1. The largest absolute Gasteiger partial charge is 0.388 e. The minimum Gasteiger partial charge on any atom is -0.388 e. The van der Waals surface area contributed by atoms with Gasteiger partial charge in [-0.15, -0.1) is 0 Å². The van der Waals surface area contributed by atoms with Gasteiger partial charge in [-0.25, -0.2) is 4.98 Å². The summed E-state index contributed by atoms with van der Waals surface area (Å²) >= 11 is 0. The summed E-state index contributed by atoms with van der Waals surface area (Å²) in [6, 6.07) is 0. The van der Waals surface area contributed by atoms with E-state index in [-0.39, 0.29) is 6.42 Å². The van der Waals surface area contributed by atoms with Gasteiger partial charge < -0.3 is 20.3 Å². The molecule has 1 unspecified atom stereocenters. The van der Waals surface area contributed by atoms with Crippen LogP contribution in [0.5, 0.6) is 0 Å². The quantitative estimate of drug-likeness (QED) is 0.778. The van der Waals surface area contributed by atoms with Gasteiger partial charge in [0.1, 0.15) is 0 Å². The lowest BCUT2D eigenvalue weighted by Crippen LogP contribution is -2.49. The predicted molar refractivity (Wildman–Crippen MR) is 80.8 cm³/mol. The van der Waals surface area contributed by atoms with Gasteiger partial charge in [0.05, 0.1) is 23.9 Å². The van der Waals surface area contributed by atoms with Gasteiger partial charge in [0.15, 0.2) is 0 Å². The van der Waals surface area contributed by atoms with Crippen LogP contribution < -0.4 is 10.6 Å².